The lowest BCUT2D eigenvalue weighted by Crippen LogP contribution is -2.38. The average Bonchev–Trinajstić information content (AvgIpc) is 2.54. The zero-order valence-corrected chi connectivity index (χ0v) is 12.8. The monoisotopic (exact) mass is 321 g/mol. The van der Waals surface area contributed by atoms with Crippen molar-refractivity contribution in [3.8, 4) is 5.88 Å². The number of aromatic nitrogens is 2. The largest absolute Gasteiger partial charge is 0.477 e. The van der Waals surface area contributed by atoms with Crippen LogP contribution in [0.4, 0.5) is 10.2 Å². The molecule has 1 unspecified atom stereocenters. The molecule has 2 aromatic rings. The van der Waals surface area contributed by atoms with E-state index in [0.29, 0.717) is 29.2 Å². The predicted molar refractivity (Wildman–Crippen MR) is 83.9 cm³/mol. The van der Waals surface area contributed by atoms with Gasteiger partial charge in [0.15, 0.2) is 11.6 Å². The van der Waals surface area contributed by atoms with Crippen LogP contribution in [0.5, 0.6) is 5.88 Å². The Morgan fingerprint density at radius 3 is 3.05 bits per heavy atom. The molecule has 0 spiro atoms. The van der Waals surface area contributed by atoms with E-state index in [1.807, 2.05) is 23.1 Å². The zero-order chi connectivity index (χ0) is 15.4. The third kappa shape index (κ3) is 3.65. The summed E-state index contributed by atoms with van der Waals surface area (Å²) in [5.41, 5.74) is 0. The van der Waals surface area contributed by atoms with E-state index in [4.69, 9.17) is 16.3 Å². The first-order valence-electron chi connectivity index (χ1n) is 7.32. The Bertz CT molecular complexity index is 626. The van der Waals surface area contributed by atoms with E-state index in [-0.39, 0.29) is 5.82 Å². The first-order valence-corrected chi connectivity index (χ1v) is 7.70. The molecule has 0 N–H and O–H groups in total. The van der Waals surface area contributed by atoms with Gasteiger partial charge < -0.3 is 9.64 Å². The summed E-state index contributed by atoms with van der Waals surface area (Å²) in [5.74, 6) is 0.939. The minimum absolute atomic E-state index is 0.313. The summed E-state index contributed by atoms with van der Waals surface area (Å²) in [6.07, 6.45) is 5.22. The SMILES string of the molecule is Fc1cc(Cl)cnc1N1CCCC(COc2ccccn2)C1. The Kier molecular flexibility index (Phi) is 4.73. The number of hydrogen-bond donors (Lipinski definition) is 0. The van der Waals surface area contributed by atoms with Crippen molar-refractivity contribution in [3.05, 3.63) is 47.5 Å². The highest BCUT2D eigenvalue weighted by Gasteiger charge is 2.23. The van der Waals surface area contributed by atoms with Crippen LogP contribution in [-0.2, 0) is 0 Å². The third-order valence-electron chi connectivity index (χ3n) is 3.71. The molecule has 22 heavy (non-hydrogen) atoms. The third-order valence-corrected chi connectivity index (χ3v) is 3.92. The number of rotatable bonds is 4. The van der Waals surface area contributed by atoms with Crippen LogP contribution in [0.15, 0.2) is 36.7 Å². The first kappa shape index (κ1) is 15.0. The second kappa shape index (κ2) is 6.92. The minimum Gasteiger partial charge on any atom is -0.477 e. The van der Waals surface area contributed by atoms with Gasteiger partial charge in [0.1, 0.15) is 0 Å². The smallest absolute Gasteiger partial charge is 0.213 e. The van der Waals surface area contributed by atoms with Crippen molar-refractivity contribution in [2.45, 2.75) is 12.8 Å². The predicted octanol–water partition coefficient (Wildman–Crippen LogP) is 3.56. The summed E-state index contributed by atoms with van der Waals surface area (Å²) in [4.78, 5) is 10.2. The van der Waals surface area contributed by atoms with E-state index in [1.54, 1.807) is 6.20 Å². The fourth-order valence-corrected chi connectivity index (χ4v) is 2.81. The molecule has 0 saturated carbocycles. The van der Waals surface area contributed by atoms with Gasteiger partial charge in [-0.15, -0.1) is 0 Å². The lowest BCUT2D eigenvalue weighted by Gasteiger charge is -2.33. The number of ether oxygens (including phenoxy) is 1. The van der Waals surface area contributed by atoms with Gasteiger partial charge in [0, 0.05) is 37.5 Å². The summed E-state index contributed by atoms with van der Waals surface area (Å²) in [7, 11) is 0. The van der Waals surface area contributed by atoms with E-state index in [0.717, 1.165) is 25.9 Å². The van der Waals surface area contributed by atoms with E-state index in [2.05, 4.69) is 9.97 Å². The maximum atomic E-state index is 14.0. The van der Waals surface area contributed by atoms with Gasteiger partial charge in [-0.3, -0.25) is 0 Å². The first-order chi connectivity index (χ1) is 10.7. The van der Waals surface area contributed by atoms with Crippen molar-refractivity contribution in [1.82, 2.24) is 9.97 Å². The number of pyridine rings is 2. The molecule has 0 aromatic carbocycles. The second-order valence-corrected chi connectivity index (χ2v) is 5.83. The number of hydrogen-bond acceptors (Lipinski definition) is 4. The van der Waals surface area contributed by atoms with Gasteiger partial charge in [-0.25, -0.2) is 14.4 Å². The van der Waals surface area contributed by atoms with Crippen LogP contribution in [0, 0.1) is 11.7 Å². The molecule has 1 atom stereocenters. The van der Waals surface area contributed by atoms with Crippen molar-refractivity contribution < 1.29 is 9.13 Å². The Morgan fingerprint density at radius 2 is 2.27 bits per heavy atom. The van der Waals surface area contributed by atoms with Crippen LogP contribution in [-0.4, -0.2) is 29.7 Å². The molecule has 0 bridgehead atoms. The van der Waals surface area contributed by atoms with Crippen LogP contribution in [0.2, 0.25) is 5.02 Å². The van der Waals surface area contributed by atoms with E-state index in [1.165, 1.54) is 12.3 Å². The molecule has 0 amide bonds. The molecular formula is C16H17ClFN3O. The number of piperidine rings is 1. The molecule has 1 aliphatic heterocycles. The summed E-state index contributed by atoms with van der Waals surface area (Å²) in [5, 5.41) is 0.313. The molecule has 3 heterocycles. The van der Waals surface area contributed by atoms with Crippen molar-refractivity contribution in [1.29, 1.82) is 0 Å². The fraction of sp³-hybridized carbons (Fsp3) is 0.375. The van der Waals surface area contributed by atoms with Gasteiger partial charge in [0.05, 0.1) is 11.6 Å². The maximum absolute atomic E-state index is 14.0. The topological polar surface area (TPSA) is 38.2 Å². The summed E-state index contributed by atoms with van der Waals surface area (Å²) >= 11 is 5.75. The van der Waals surface area contributed by atoms with Gasteiger partial charge in [0.25, 0.3) is 0 Å². The molecule has 0 radical (unpaired) electrons. The molecule has 6 heteroatoms. The van der Waals surface area contributed by atoms with Gasteiger partial charge in [0.2, 0.25) is 5.88 Å². The van der Waals surface area contributed by atoms with Crippen LogP contribution in [0.3, 0.4) is 0 Å². The van der Waals surface area contributed by atoms with Crippen molar-refractivity contribution in [2.24, 2.45) is 5.92 Å². The highest BCUT2D eigenvalue weighted by Crippen LogP contribution is 2.25. The molecule has 1 saturated heterocycles. The van der Waals surface area contributed by atoms with Gasteiger partial charge in [-0.1, -0.05) is 17.7 Å². The Balaban J connectivity index is 1.61. The van der Waals surface area contributed by atoms with E-state index < -0.39 is 0 Å². The molecule has 4 nitrogen and oxygen atoms in total. The van der Waals surface area contributed by atoms with E-state index in [9.17, 15) is 4.39 Å². The second-order valence-electron chi connectivity index (χ2n) is 5.39. The summed E-state index contributed by atoms with van der Waals surface area (Å²) in [6, 6.07) is 6.88. The van der Waals surface area contributed by atoms with Crippen LogP contribution in [0.1, 0.15) is 12.8 Å². The Morgan fingerprint density at radius 1 is 1.36 bits per heavy atom. The van der Waals surface area contributed by atoms with Crippen molar-refractivity contribution in [3.63, 3.8) is 0 Å². The Hall–Kier alpha value is -1.88. The van der Waals surface area contributed by atoms with Crippen LogP contribution >= 0.6 is 11.6 Å². The fourth-order valence-electron chi connectivity index (χ4n) is 2.67. The average molecular weight is 322 g/mol. The summed E-state index contributed by atoms with van der Waals surface area (Å²) in [6.45, 7) is 2.09. The van der Waals surface area contributed by atoms with Crippen LogP contribution < -0.4 is 9.64 Å². The molecule has 1 aliphatic rings. The molecule has 0 aliphatic carbocycles. The zero-order valence-electron chi connectivity index (χ0n) is 12.1. The van der Waals surface area contributed by atoms with Crippen molar-refractivity contribution >= 4 is 17.4 Å². The standard InChI is InChI=1S/C16H17ClFN3O/c17-13-8-14(18)16(20-9-13)21-7-3-4-12(10-21)11-22-15-5-1-2-6-19-15/h1-2,5-6,8-9,12H,3-4,7,10-11H2. The molecular weight excluding hydrogens is 305 g/mol. The number of nitrogens with zero attached hydrogens (tertiary/aromatic N) is 3. The maximum Gasteiger partial charge on any atom is 0.213 e. The highest BCUT2D eigenvalue weighted by molar-refractivity contribution is 6.30. The highest BCUT2D eigenvalue weighted by atomic mass is 35.5. The van der Waals surface area contributed by atoms with Crippen molar-refractivity contribution in [2.75, 3.05) is 24.6 Å². The van der Waals surface area contributed by atoms with Crippen LogP contribution in [0.25, 0.3) is 0 Å². The molecule has 2 aromatic heterocycles. The van der Waals surface area contributed by atoms with Gasteiger partial charge >= 0.3 is 0 Å². The lowest BCUT2D eigenvalue weighted by molar-refractivity contribution is 0.221. The van der Waals surface area contributed by atoms with E-state index >= 15 is 0 Å². The molecule has 3 rings (SSSR count). The minimum atomic E-state index is -0.376. The van der Waals surface area contributed by atoms with Gasteiger partial charge in [-0.05, 0) is 25.0 Å². The lowest BCUT2D eigenvalue weighted by atomic mass is 9.99. The number of anilines is 1. The Labute approximate surface area is 133 Å². The normalized spacial score (nSPS) is 18.3. The quantitative estimate of drug-likeness (QED) is 0.863. The molecule has 116 valence electrons. The number of halogens is 2. The summed E-state index contributed by atoms with van der Waals surface area (Å²) < 4.78 is 19.7. The molecule has 1 fully saturated rings. The van der Waals surface area contributed by atoms with Gasteiger partial charge in [-0.2, -0.15) is 0 Å².